The molecular weight excluding hydrogens is 248 g/mol. The third-order valence-electron chi connectivity index (χ3n) is 3.08. The van der Waals surface area contributed by atoms with Crippen molar-refractivity contribution in [2.24, 2.45) is 0 Å². The van der Waals surface area contributed by atoms with E-state index in [0.29, 0.717) is 6.42 Å². The van der Waals surface area contributed by atoms with Crippen molar-refractivity contribution in [3.63, 3.8) is 0 Å². The van der Waals surface area contributed by atoms with Crippen LogP contribution in [-0.4, -0.2) is 28.3 Å². The molecule has 0 amide bonds. The van der Waals surface area contributed by atoms with Gasteiger partial charge in [-0.3, -0.25) is 4.79 Å². The van der Waals surface area contributed by atoms with Gasteiger partial charge in [0.25, 0.3) is 0 Å². The number of hydrogen-bond acceptors (Lipinski definition) is 5. The summed E-state index contributed by atoms with van der Waals surface area (Å²) in [4.78, 5) is 19.9. The number of methoxy groups -OCH3 is 1. The minimum Gasteiger partial charge on any atom is -0.469 e. The van der Waals surface area contributed by atoms with Crippen LogP contribution in [0.4, 0.5) is 0 Å². The van der Waals surface area contributed by atoms with Gasteiger partial charge < -0.3 is 4.74 Å². The number of fused-ring (bicyclic) bond motifs is 1. The minimum absolute atomic E-state index is 0.169. The van der Waals surface area contributed by atoms with Crippen LogP contribution in [0.3, 0.4) is 0 Å². The minimum atomic E-state index is -0.169. The van der Waals surface area contributed by atoms with Crippen molar-refractivity contribution in [2.45, 2.75) is 49.3 Å². The molecule has 0 aromatic carbocycles. The van der Waals surface area contributed by atoms with Gasteiger partial charge in [-0.05, 0) is 25.7 Å². The summed E-state index contributed by atoms with van der Waals surface area (Å²) in [6, 6.07) is 0. The summed E-state index contributed by atoms with van der Waals surface area (Å²) in [7, 11) is 1.42. The molecule has 0 saturated heterocycles. The van der Waals surface area contributed by atoms with Gasteiger partial charge in [0.05, 0.1) is 13.5 Å². The van der Waals surface area contributed by atoms with Crippen molar-refractivity contribution in [1.82, 2.24) is 9.97 Å². The Morgan fingerprint density at radius 2 is 2.22 bits per heavy atom. The topological polar surface area (TPSA) is 52.1 Å². The third kappa shape index (κ3) is 3.22. The van der Waals surface area contributed by atoms with E-state index < -0.39 is 0 Å². The molecule has 1 heterocycles. The maximum absolute atomic E-state index is 11.2. The van der Waals surface area contributed by atoms with Crippen LogP contribution in [0.25, 0.3) is 0 Å². The van der Waals surface area contributed by atoms with E-state index in [0.717, 1.165) is 17.9 Å². The SMILES string of the molecule is COC(=O)CC(C)Sc1ncnc2c1CCCC2. The summed E-state index contributed by atoms with van der Waals surface area (Å²) >= 11 is 1.65. The van der Waals surface area contributed by atoms with Crippen molar-refractivity contribution in [2.75, 3.05) is 7.11 Å². The standard InChI is InChI=1S/C13H18N2O2S/c1-9(7-12(16)17-2)18-13-10-5-3-4-6-11(10)14-8-15-13/h8-9H,3-7H2,1-2H3. The molecule has 5 heteroatoms. The van der Waals surface area contributed by atoms with Crippen molar-refractivity contribution in [1.29, 1.82) is 0 Å². The highest BCUT2D eigenvalue weighted by molar-refractivity contribution is 7.99. The van der Waals surface area contributed by atoms with Crippen LogP contribution in [-0.2, 0) is 22.4 Å². The van der Waals surface area contributed by atoms with Crippen molar-refractivity contribution in [3.8, 4) is 0 Å². The number of carbonyl (C=O) groups is 1. The average molecular weight is 266 g/mol. The largest absolute Gasteiger partial charge is 0.469 e. The lowest BCUT2D eigenvalue weighted by Gasteiger charge is -2.18. The first kappa shape index (κ1) is 13.3. The summed E-state index contributed by atoms with van der Waals surface area (Å²) in [5.74, 6) is -0.169. The molecule has 1 aliphatic carbocycles. The van der Waals surface area contributed by atoms with E-state index in [9.17, 15) is 4.79 Å². The molecule has 0 aliphatic heterocycles. The van der Waals surface area contributed by atoms with Gasteiger partial charge in [-0.1, -0.05) is 6.92 Å². The fourth-order valence-electron chi connectivity index (χ4n) is 2.14. The van der Waals surface area contributed by atoms with Gasteiger partial charge in [-0.2, -0.15) is 0 Å². The Labute approximate surface area is 112 Å². The Balaban J connectivity index is 2.07. The number of rotatable bonds is 4. The van der Waals surface area contributed by atoms with E-state index in [1.165, 1.54) is 31.2 Å². The molecule has 1 unspecified atom stereocenters. The number of esters is 1. The number of ether oxygens (including phenoxy) is 1. The fraction of sp³-hybridized carbons (Fsp3) is 0.615. The number of aryl methyl sites for hydroxylation is 1. The zero-order valence-electron chi connectivity index (χ0n) is 10.8. The van der Waals surface area contributed by atoms with Crippen molar-refractivity contribution >= 4 is 17.7 Å². The van der Waals surface area contributed by atoms with Gasteiger partial charge in [0.2, 0.25) is 0 Å². The second-order valence-electron chi connectivity index (χ2n) is 4.52. The van der Waals surface area contributed by atoms with E-state index in [-0.39, 0.29) is 11.2 Å². The van der Waals surface area contributed by atoms with Crippen LogP contribution in [0.5, 0.6) is 0 Å². The van der Waals surface area contributed by atoms with Crippen LogP contribution in [0.2, 0.25) is 0 Å². The Hall–Kier alpha value is -1.10. The predicted octanol–water partition coefficient (Wildman–Crippen LogP) is 2.40. The molecular formula is C13H18N2O2S. The highest BCUT2D eigenvalue weighted by Gasteiger charge is 2.18. The summed E-state index contributed by atoms with van der Waals surface area (Å²) in [6.07, 6.45) is 6.59. The quantitative estimate of drug-likeness (QED) is 0.476. The molecule has 2 rings (SSSR count). The molecule has 4 nitrogen and oxygen atoms in total. The molecule has 98 valence electrons. The van der Waals surface area contributed by atoms with E-state index >= 15 is 0 Å². The second kappa shape index (κ2) is 6.18. The molecule has 0 N–H and O–H groups in total. The number of carbonyl (C=O) groups excluding carboxylic acids is 1. The molecule has 1 aromatic heterocycles. The Kier molecular flexibility index (Phi) is 4.58. The first-order valence-electron chi connectivity index (χ1n) is 6.27. The number of hydrogen-bond donors (Lipinski definition) is 0. The monoisotopic (exact) mass is 266 g/mol. The third-order valence-corrected chi connectivity index (χ3v) is 4.22. The first-order chi connectivity index (χ1) is 8.70. The van der Waals surface area contributed by atoms with Crippen LogP contribution in [0.1, 0.15) is 37.4 Å². The van der Waals surface area contributed by atoms with Gasteiger partial charge in [-0.15, -0.1) is 11.8 Å². The van der Waals surface area contributed by atoms with Crippen LogP contribution < -0.4 is 0 Å². The molecule has 18 heavy (non-hydrogen) atoms. The number of aromatic nitrogens is 2. The molecule has 0 spiro atoms. The fourth-order valence-corrected chi connectivity index (χ4v) is 3.21. The first-order valence-corrected chi connectivity index (χ1v) is 7.15. The lowest BCUT2D eigenvalue weighted by atomic mass is 9.98. The van der Waals surface area contributed by atoms with E-state index in [1.54, 1.807) is 18.1 Å². The molecule has 0 fully saturated rings. The Morgan fingerprint density at radius 1 is 1.44 bits per heavy atom. The lowest BCUT2D eigenvalue weighted by Crippen LogP contribution is -2.12. The molecule has 1 aromatic rings. The van der Waals surface area contributed by atoms with Gasteiger partial charge >= 0.3 is 5.97 Å². The molecule has 0 saturated carbocycles. The number of nitrogens with zero attached hydrogens (tertiary/aromatic N) is 2. The molecule has 0 bridgehead atoms. The molecule has 1 atom stereocenters. The number of thioether (sulfide) groups is 1. The second-order valence-corrected chi connectivity index (χ2v) is 5.95. The molecule has 0 radical (unpaired) electrons. The van der Waals surface area contributed by atoms with Crippen molar-refractivity contribution in [3.05, 3.63) is 17.6 Å². The van der Waals surface area contributed by atoms with Gasteiger partial charge in [-0.25, -0.2) is 9.97 Å². The highest BCUT2D eigenvalue weighted by Crippen LogP contribution is 2.31. The van der Waals surface area contributed by atoms with Gasteiger partial charge in [0.1, 0.15) is 11.4 Å². The Morgan fingerprint density at radius 3 is 3.00 bits per heavy atom. The Bertz CT molecular complexity index is 437. The zero-order chi connectivity index (χ0) is 13.0. The maximum atomic E-state index is 11.2. The van der Waals surface area contributed by atoms with E-state index in [2.05, 4.69) is 14.7 Å². The summed E-state index contributed by atoms with van der Waals surface area (Å²) in [5.41, 5.74) is 2.47. The summed E-state index contributed by atoms with van der Waals surface area (Å²) in [6.45, 7) is 2.03. The van der Waals surface area contributed by atoms with E-state index in [1.807, 2.05) is 6.92 Å². The van der Waals surface area contributed by atoms with E-state index in [4.69, 9.17) is 0 Å². The molecule has 1 aliphatic rings. The van der Waals surface area contributed by atoms with Gasteiger partial charge in [0.15, 0.2) is 0 Å². The zero-order valence-corrected chi connectivity index (χ0v) is 11.6. The predicted molar refractivity (Wildman–Crippen MR) is 70.6 cm³/mol. The summed E-state index contributed by atoms with van der Waals surface area (Å²) in [5, 5.41) is 1.22. The highest BCUT2D eigenvalue weighted by atomic mass is 32.2. The normalized spacial score (nSPS) is 15.9. The summed E-state index contributed by atoms with van der Waals surface area (Å²) < 4.78 is 4.69. The van der Waals surface area contributed by atoms with Crippen LogP contribution >= 0.6 is 11.8 Å². The van der Waals surface area contributed by atoms with Gasteiger partial charge in [0, 0.05) is 16.5 Å². The maximum Gasteiger partial charge on any atom is 0.306 e. The smallest absolute Gasteiger partial charge is 0.306 e. The average Bonchev–Trinajstić information content (AvgIpc) is 2.39. The van der Waals surface area contributed by atoms with Crippen molar-refractivity contribution < 1.29 is 9.53 Å². The van der Waals surface area contributed by atoms with Crippen LogP contribution in [0, 0.1) is 0 Å². The lowest BCUT2D eigenvalue weighted by molar-refractivity contribution is -0.140. The van der Waals surface area contributed by atoms with Crippen LogP contribution in [0.15, 0.2) is 11.4 Å².